The largest absolute Gasteiger partial charge is 0.492 e. The lowest BCUT2D eigenvalue weighted by Gasteiger charge is -2.36. The summed E-state index contributed by atoms with van der Waals surface area (Å²) < 4.78 is 12.4. The molecule has 2 unspecified atom stereocenters. The molecule has 0 aromatic heterocycles. The van der Waals surface area contributed by atoms with Crippen molar-refractivity contribution in [2.24, 2.45) is 0 Å². The first-order valence-corrected chi connectivity index (χ1v) is 10.5. The molecule has 2 atom stereocenters. The standard InChI is InChI=1S/C22H27BrN2O3/c1-16-14-25(15-17(2)28-16)19-11-9-18(10-12-19)24-22(26)8-5-13-27-21-7-4-3-6-20(21)23/h3-4,6-7,9-12,16-17H,5,8,13-15H2,1-2H3,(H,24,26). The number of hydrogen-bond donors (Lipinski definition) is 1. The van der Waals surface area contributed by atoms with Gasteiger partial charge in [-0.2, -0.15) is 0 Å². The minimum atomic E-state index is -0.00269. The molecule has 28 heavy (non-hydrogen) atoms. The molecular weight excluding hydrogens is 420 g/mol. The van der Waals surface area contributed by atoms with Gasteiger partial charge in [0.2, 0.25) is 5.91 Å². The highest BCUT2D eigenvalue weighted by Gasteiger charge is 2.22. The maximum absolute atomic E-state index is 12.2. The van der Waals surface area contributed by atoms with Gasteiger partial charge in [0.25, 0.3) is 0 Å². The predicted molar refractivity (Wildman–Crippen MR) is 116 cm³/mol. The highest BCUT2D eigenvalue weighted by Crippen LogP contribution is 2.24. The predicted octanol–water partition coefficient (Wildman–Crippen LogP) is 4.86. The fraction of sp³-hybridized carbons (Fsp3) is 0.409. The number of rotatable bonds is 7. The molecule has 1 saturated heterocycles. The van der Waals surface area contributed by atoms with Crippen LogP contribution in [0.2, 0.25) is 0 Å². The summed E-state index contributed by atoms with van der Waals surface area (Å²) in [7, 11) is 0. The van der Waals surface area contributed by atoms with E-state index in [2.05, 4.69) is 52.1 Å². The first kappa shape index (κ1) is 20.7. The van der Waals surface area contributed by atoms with Crippen LogP contribution in [0.25, 0.3) is 0 Å². The van der Waals surface area contributed by atoms with Crippen molar-refractivity contribution >= 4 is 33.2 Å². The van der Waals surface area contributed by atoms with Gasteiger partial charge in [0.1, 0.15) is 5.75 Å². The Hall–Kier alpha value is -2.05. The van der Waals surface area contributed by atoms with Crippen LogP contribution >= 0.6 is 15.9 Å². The highest BCUT2D eigenvalue weighted by atomic mass is 79.9. The van der Waals surface area contributed by atoms with Crippen LogP contribution in [0, 0.1) is 0 Å². The molecule has 6 heteroatoms. The third-order valence-corrected chi connectivity index (χ3v) is 5.23. The topological polar surface area (TPSA) is 50.8 Å². The van der Waals surface area contributed by atoms with E-state index >= 15 is 0 Å². The summed E-state index contributed by atoms with van der Waals surface area (Å²) in [6.45, 7) is 6.46. The molecule has 1 aliphatic heterocycles. The molecule has 0 spiro atoms. The van der Waals surface area contributed by atoms with Crippen molar-refractivity contribution in [3.63, 3.8) is 0 Å². The second-order valence-corrected chi connectivity index (χ2v) is 7.99. The maximum Gasteiger partial charge on any atom is 0.224 e. The molecule has 0 bridgehead atoms. The highest BCUT2D eigenvalue weighted by molar-refractivity contribution is 9.10. The van der Waals surface area contributed by atoms with Crippen molar-refractivity contribution in [2.45, 2.75) is 38.9 Å². The zero-order chi connectivity index (χ0) is 19.9. The normalized spacial score (nSPS) is 19.3. The van der Waals surface area contributed by atoms with Crippen molar-refractivity contribution in [1.29, 1.82) is 0 Å². The van der Waals surface area contributed by atoms with Gasteiger partial charge in [0.15, 0.2) is 0 Å². The van der Waals surface area contributed by atoms with Crippen molar-refractivity contribution in [2.75, 3.05) is 29.9 Å². The molecule has 2 aromatic carbocycles. The number of benzene rings is 2. The van der Waals surface area contributed by atoms with Crippen LogP contribution in [0.15, 0.2) is 53.0 Å². The van der Waals surface area contributed by atoms with Gasteiger partial charge in [-0.3, -0.25) is 4.79 Å². The summed E-state index contributed by atoms with van der Waals surface area (Å²) in [6, 6.07) is 15.7. The fourth-order valence-corrected chi connectivity index (χ4v) is 3.74. The molecule has 1 fully saturated rings. The van der Waals surface area contributed by atoms with E-state index in [4.69, 9.17) is 9.47 Å². The lowest BCUT2D eigenvalue weighted by Crippen LogP contribution is -2.45. The van der Waals surface area contributed by atoms with Gasteiger partial charge in [-0.25, -0.2) is 0 Å². The first-order valence-electron chi connectivity index (χ1n) is 9.69. The smallest absolute Gasteiger partial charge is 0.224 e. The molecule has 1 aliphatic rings. The van der Waals surface area contributed by atoms with Gasteiger partial charge in [-0.05, 0) is 72.6 Å². The number of carbonyl (C=O) groups is 1. The third kappa shape index (κ3) is 5.97. The van der Waals surface area contributed by atoms with Gasteiger partial charge in [-0.15, -0.1) is 0 Å². The molecule has 1 heterocycles. The van der Waals surface area contributed by atoms with E-state index in [0.29, 0.717) is 19.4 Å². The van der Waals surface area contributed by atoms with Crippen molar-refractivity contribution in [1.82, 2.24) is 0 Å². The lowest BCUT2D eigenvalue weighted by atomic mass is 10.2. The van der Waals surface area contributed by atoms with Gasteiger partial charge in [0.05, 0.1) is 23.3 Å². The first-order chi connectivity index (χ1) is 13.5. The molecule has 3 rings (SSSR count). The van der Waals surface area contributed by atoms with Gasteiger partial charge in [0, 0.05) is 30.9 Å². The quantitative estimate of drug-likeness (QED) is 0.616. The number of morpholine rings is 1. The maximum atomic E-state index is 12.2. The minimum Gasteiger partial charge on any atom is -0.492 e. The Kier molecular flexibility index (Phi) is 7.34. The number of para-hydroxylation sites is 1. The second kappa shape index (κ2) is 9.94. The van der Waals surface area contributed by atoms with E-state index in [9.17, 15) is 4.79 Å². The zero-order valence-electron chi connectivity index (χ0n) is 16.4. The Labute approximate surface area is 175 Å². The molecular formula is C22H27BrN2O3. The average molecular weight is 447 g/mol. The molecule has 0 aliphatic carbocycles. The Morgan fingerprint density at radius 1 is 1.14 bits per heavy atom. The summed E-state index contributed by atoms with van der Waals surface area (Å²) in [5.74, 6) is 0.794. The number of carbonyl (C=O) groups excluding carboxylic acids is 1. The summed E-state index contributed by atoms with van der Waals surface area (Å²) >= 11 is 3.45. The van der Waals surface area contributed by atoms with E-state index in [-0.39, 0.29) is 18.1 Å². The van der Waals surface area contributed by atoms with Crippen LogP contribution in [0.3, 0.4) is 0 Å². The number of halogens is 1. The van der Waals surface area contributed by atoms with Gasteiger partial charge in [-0.1, -0.05) is 12.1 Å². The van der Waals surface area contributed by atoms with Crippen LogP contribution < -0.4 is 15.0 Å². The van der Waals surface area contributed by atoms with Crippen molar-refractivity contribution in [3.8, 4) is 5.75 Å². The lowest BCUT2D eigenvalue weighted by molar-refractivity contribution is -0.116. The van der Waals surface area contributed by atoms with Crippen LogP contribution in [0.5, 0.6) is 5.75 Å². The summed E-state index contributed by atoms with van der Waals surface area (Å²) in [4.78, 5) is 14.5. The molecule has 0 radical (unpaired) electrons. The Bertz CT molecular complexity index is 772. The van der Waals surface area contributed by atoms with Crippen LogP contribution in [-0.2, 0) is 9.53 Å². The SMILES string of the molecule is CC1CN(c2ccc(NC(=O)CCCOc3ccccc3Br)cc2)CC(C)O1. The van der Waals surface area contributed by atoms with Crippen LogP contribution in [0.4, 0.5) is 11.4 Å². The molecule has 1 amide bonds. The molecule has 2 aromatic rings. The van der Waals surface area contributed by atoms with Crippen LogP contribution in [-0.4, -0.2) is 37.8 Å². The van der Waals surface area contributed by atoms with Gasteiger partial charge < -0.3 is 19.7 Å². The minimum absolute atomic E-state index is 0.00269. The molecule has 5 nitrogen and oxygen atoms in total. The number of ether oxygens (including phenoxy) is 2. The number of hydrogen-bond acceptors (Lipinski definition) is 4. The molecule has 1 N–H and O–H groups in total. The van der Waals surface area contributed by atoms with Crippen molar-refractivity contribution in [3.05, 3.63) is 53.0 Å². The summed E-state index contributed by atoms with van der Waals surface area (Å²) in [5, 5.41) is 2.95. The number of amides is 1. The van der Waals surface area contributed by atoms with Gasteiger partial charge >= 0.3 is 0 Å². The van der Waals surface area contributed by atoms with Crippen LogP contribution in [0.1, 0.15) is 26.7 Å². The number of nitrogens with zero attached hydrogens (tertiary/aromatic N) is 1. The van der Waals surface area contributed by atoms with Crippen molar-refractivity contribution < 1.29 is 14.3 Å². The fourth-order valence-electron chi connectivity index (χ4n) is 3.34. The monoisotopic (exact) mass is 446 g/mol. The number of anilines is 2. The van der Waals surface area contributed by atoms with E-state index in [1.807, 2.05) is 36.4 Å². The Morgan fingerprint density at radius 2 is 1.82 bits per heavy atom. The zero-order valence-corrected chi connectivity index (χ0v) is 17.9. The van der Waals surface area contributed by atoms with E-state index in [1.165, 1.54) is 0 Å². The second-order valence-electron chi connectivity index (χ2n) is 7.14. The molecule has 0 saturated carbocycles. The Balaban J connectivity index is 1.42. The number of nitrogens with one attached hydrogen (secondary N) is 1. The third-order valence-electron chi connectivity index (χ3n) is 4.58. The summed E-state index contributed by atoms with van der Waals surface area (Å²) in [6.07, 6.45) is 1.53. The Morgan fingerprint density at radius 3 is 2.50 bits per heavy atom. The van der Waals surface area contributed by atoms with E-state index in [1.54, 1.807) is 0 Å². The molecule has 150 valence electrons. The average Bonchev–Trinajstić information content (AvgIpc) is 2.66. The summed E-state index contributed by atoms with van der Waals surface area (Å²) in [5.41, 5.74) is 1.97. The van der Waals surface area contributed by atoms with E-state index < -0.39 is 0 Å². The van der Waals surface area contributed by atoms with E-state index in [0.717, 1.165) is 34.7 Å².